The van der Waals surface area contributed by atoms with Gasteiger partial charge in [0.25, 0.3) is 6.71 Å². The number of benzene rings is 11. The fraction of sp³-hybridized carbons (Fsp3) is 0.195. The average Bonchev–Trinajstić information content (AvgIpc) is 1.20. The zero-order valence-corrected chi connectivity index (χ0v) is 51.6. The molecule has 4 nitrogen and oxygen atoms in total. The van der Waals surface area contributed by atoms with Crippen LogP contribution in [0.3, 0.4) is 0 Å². The van der Waals surface area contributed by atoms with E-state index in [-0.39, 0.29) is 17.5 Å². The van der Waals surface area contributed by atoms with Crippen molar-refractivity contribution in [2.45, 2.75) is 105 Å². The van der Waals surface area contributed by atoms with Gasteiger partial charge in [-0.15, -0.1) is 0 Å². The molecule has 0 fully saturated rings. The summed E-state index contributed by atoms with van der Waals surface area (Å²) in [6.07, 6.45) is 6.41. The Balaban J connectivity index is 1.12. The number of anilines is 6. The predicted molar refractivity (Wildman–Crippen MR) is 375 cm³/mol. The molecule has 0 atom stereocenters. The highest BCUT2D eigenvalue weighted by molar-refractivity contribution is 7.00. The third-order valence-corrected chi connectivity index (χ3v) is 19.0. The van der Waals surface area contributed by atoms with Gasteiger partial charge in [-0.1, -0.05) is 244 Å². The summed E-state index contributed by atoms with van der Waals surface area (Å²) in [4.78, 5) is 5.52. The molecule has 2 aromatic heterocycles. The molecule has 2 aliphatic heterocycles. The molecular formula is C82H75BN4. The van der Waals surface area contributed by atoms with Gasteiger partial charge >= 0.3 is 0 Å². The Kier molecular flexibility index (Phi) is 13.3. The molecule has 0 bridgehead atoms. The maximum absolute atomic E-state index is 2.80. The van der Waals surface area contributed by atoms with E-state index in [1.807, 2.05) is 0 Å². The van der Waals surface area contributed by atoms with Crippen LogP contribution in [0.25, 0.3) is 77.2 Å². The Morgan fingerprint density at radius 3 is 1.10 bits per heavy atom. The third-order valence-electron chi connectivity index (χ3n) is 19.0. The summed E-state index contributed by atoms with van der Waals surface area (Å²) < 4.78 is 5.02. The van der Waals surface area contributed by atoms with Crippen LogP contribution in [0.15, 0.2) is 237 Å². The largest absolute Gasteiger partial charge is 0.311 e. The maximum Gasteiger partial charge on any atom is 0.252 e. The zero-order chi connectivity index (χ0) is 59.3. The summed E-state index contributed by atoms with van der Waals surface area (Å²) in [7, 11) is 0. The molecule has 5 heteroatoms. The predicted octanol–water partition coefficient (Wildman–Crippen LogP) is 20.6. The summed E-state index contributed by atoms with van der Waals surface area (Å²) in [5.41, 5.74) is 28.5. The van der Waals surface area contributed by atoms with Crippen LogP contribution in [-0.4, -0.2) is 15.8 Å². The van der Waals surface area contributed by atoms with Crippen molar-refractivity contribution in [2.75, 3.05) is 9.80 Å². The van der Waals surface area contributed by atoms with Crippen LogP contribution in [0.5, 0.6) is 0 Å². The number of aryl methyl sites for hydroxylation is 2. The molecule has 11 aromatic carbocycles. The van der Waals surface area contributed by atoms with E-state index >= 15 is 0 Å². The first-order valence-corrected chi connectivity index (χ1v) is 31.8. The minimum atomic E-state index is -0.234. The second kappa shape index (κ2) is 21.3. The molecule has 4 heterocycles. The average molecular weight is 1130 g/mol. The van der Waals surface area contributed by atoms with E-state index in [9.17, 15) is 0 Å². The van der Waals surface area contributed by atoms with E-state index in [0.29, 0.717) is 0 Å². The number of fused-ring (bicyclic) bond motifs is 10. The van der Waals surface area contributed by atoms with E-state index in [2.05, 4.69) is 311 Å². The number of hydrogen-bond acceptors (Lipinski definition) is 2. The Labute approximate surface area is 514 Å². The lowest BCUT2D eigenvalue weighted by Gasteiger charge is -2.46. The van der Waals surface area contributed by atoms with E-state index < -0.39 is 0 Å². The summed E-state index contributed by atoms with van der Waals surface area (Å²) in [6.45, 7) is 19.0. The monoisotopic (exact) mass is 1130 g/mol. The van der Waals surface area contributed by atoms with Crippen LogP contribution in [0.2, 0.25) is 0 Å². The molecular weight excluding hydrogens is 1050 g/mol. The summed E-state index contributed by atoms with van der Waals surface area (Å²) in [5, 5.41) is 5.03. The molecule has 0 saturated carbocycles. The molecule has 0 amide bonds. The van der Waals surface area contributed by atoms with Gasteiger partial charge in [0.2, 0.25) is 0 Å². The van der Waals surface area contributed by atoms with Gasteiger partial charge in [-0.25, -0.2) is 0 Å². The van der Waals surface area contributed by atoms with E-state index in [0.717, 1.165) is 49.9 Å². The number of unbranched alkanes of at least 4 members (excludes halogenated alkanes) is 2. The lowest BCUT2D eigenvalue weighted by atomic mass is 9.33. The molecule has 0 spiro atoms. The van der Waals surface area contributed by atoms with Crippen LogP contribution in [0.4, 0.5) is 34.1 Å². The van der Waals surface area contributed by atoms with Gasteiger partial charge in [-0.05, 0) is 147 Å². The number of rotatable bonds is 12. The van der Waals surface area contributed by atoms with E-state index in [4.69, 9.17) is 0 Å². The molecule has 426 valence electrons. The molecule has 0 saturated heterocycles. The highest BCUT2D eigenvalue weighted by atomic mass is 15.2. The molecule has 13 aromatic rings. The van der Waals surface area contributed by atoms with E-state index in [1.165, 1.54) is 139 Å². The van der Waals surface area contributed by atoms with Gasteiger partial charge in [0.1, 0.15) is 0 Å². The van der Waals surface area contributed by atoms with Gasteiger partial charge in [0.15, 0.2) is 0 Å². The highest BCUT2D eigenvalue weighted by Crippen LogP contribution is 2.53. The van der Waals surface area contributed by atoms with Crippen LogP contribution >= 0.6 is 0 Å². The van der Waals surface area contributed by atoms with Crippen LogP contribution < -0.4 is 26.2 Å². The lowest BCUT2D eigenvalue weighted by Crippen LogP contribution is -2.61. The van der Waals surface area contributed by atoms with Crippen molar-refractivity contribution in [3.8, 4) is 33.6 Å². The van der Waals surface area contributed by atoms with Crippen molar-refractivity contribution in [3.05, 3.63) is 259 Å². The second-order valence-electron chi connectivity index (χ2n) is 26.5. The van der Waals surface area contributed by atoms with Crippen molar-refractivity contribution in [2.24, 2.45) is 0 Å². The normalized spacial score (nSPS) is 13.0. The Morgan fingerprint density at radius 1 is 0.345 bits per heavy atom. The SMILES string of the molecule is CCCCc1cc(C(C)(C)C)cc(CCCC)c1N1c2cc(-n3c4ccccc4c4ccccc43)ccc2B2c3ccc(-n4c5ccccc5c5ccccc54)cc3N(c3c(-c4ccccc4)cccc3-c3ccccc3)c3cc(C(C)(C)C)cc1c32. The van der Waals surface area contributed by atoms with Gasteiger partial charge in [0, 0.05) is 66.8 Å². The maximum atomic E-state index is 2.80. The van der Waals surface area contributed by atoms with Crippen molar-refractivity contribution in [1.29, 1.82) is 0 Å². The second-order valence-corrected chi connectivity index (χ2v) is 26.5. The van der Waals surface area contributed by atoms with Crippen molar-refractivity contribution in [3.63, 3.8) is 0 Å². The molecule has 0 N–H and O–H groups in total. The standard InChI is InChI=1S/C82H75BN4/c1-9-11-28-56-48-58(81(3,4)5)49-57(29-12-10-2)79(56)86-74-52-60(84-70-40-23-19-34-64(70)65-35-20-24-41-71(65)84)44-46-68(74)83-69-47-45-61(85-72-42-25-21-36-66(72)67-37-22-26-43-73(67)85)53-75(69)87(77-51-59(82(6,7)8)50-76(86)78(77)83)80-62(54-30-15-13-16-31-54)38-27-39-63(80)55-32-17-14-18-33-55/h13-27,30-53H,9-12,28-29H2,1-8H3. The molecule has 15 rings (SSSR count). The van der Waals surface area contributed by atoms with E-state index in [1.54, 1.807) is 0 Å². The molecule has 2 aliphatic rings. The Bertz CT molecular complexity index is 4620. The van der Waals surface area contributed by atoms with Gasteiger partial charge in [-0.2, -0.15) is 0 Å². The Morgan fingerprint density at radius 2 is 0.713 bits per heavy atom. The Hall–Kier alpha value is -9.32. The summed E-state index contributed by atoms with van der Waals surface area (Å²) in [5.74, 6) is 0. The first kappa shape index (κ1) is 54.3. The summed E-state index contributed by atoms with van der Waals surface area (Å²) >= 11 is 0. The van der Waals surface area contributed by atoms with Gasteiger partial charge in [-0.3, -0.25) is 0 Å². The van der Waals surface area contributed by atoms with Crippen LogP contribution in [-0.2, 0) is 23.7 Å². The topological polar surface area (TPSA) is 16.3 Å². The minimum absolute atomic E-state index is 0.0364. The number of aromatic nitrogens is 2. The van der Waals surface area contributed by atoms with Crippen molar-refractivity contribution >= 4 is 101 Å². The molecule has 0 radical (unpaired) electrons. The smallest absolute Gasteiger partial charge is 0.252 e. The van der Waals surface area contributed by atoms with Gasteiger partial charge in [0.05, 0.1) is 33.4 Å². The first-order chi connectivity index (χ1) is 42.4. The highest BCUT2D eigenvalue weighted by Gasteiger charge is 2.46. The fourth-order valence-corrected chi connectivity index (χ4v) is 14.6. The quantitative estimate of drug-likeness (QED) is 0.113. The van der Waals surface area contributed by atoms with Crippen LogP contribution in [0, 0.1) is 0 Å². The van der Waals surface area contributed by atoms with Crippen molar-refractivity contribution < 1.29 is 0 Å². The summed E-state index contributed by atoms with van der Waals surface area (Å²) in [6, 6.07) is 90.4. The molecule has 87 heavy (non-hydrogen) atoms. The van der Waals surface area contributed by atoms with Crippen molar-refractivity contribution in [1.82, 2.24) is 9.13 Å². The molecule has 0 unspecified atom stereocenters. The molecule has 0 aliphatic carbocycles. The number of hydrogen-bond donors (Lipinski definition) is 0. The minimum Gasteiger partial charge on any atom is -0.311 e. The van der Waals surface area contributed by atoms with Gasteiger partial charge < -0.3 is 18.9 Å². The number of para-hydroxylation sites is 5. The zero-order valence-electron chi connectivity index (χ0n) is 51.6. The lowest BCUT2D eigenvalue weighted by molar-refractivity contribution is 0.587. The third kappa shape index (κ3) is 8.94. The fourth-order valence-electron chi connectivity index (χ4n) is 14.6. The first-order valence-electron chi connectivity index (χ1n) is 31.8. The number of nitrogens with zero attached hydrogens (tertiary/aromatic N) is 4. The van der Waals surface area contributed by atoms with Crippen LogP contribution in [0.1, 0.15) is 103 Å².